The molecule has 0 bridgehead atoms. The van der Waals surface area contributed by atoms with Gasteiger partial charge in [0.25, 0.3) is 5.91 Å². The molecule has 0 aliphatic carbocycles. The lowest BCUT2D eigenvalue weighted by atomic mass is 10.2. The number of ether oxygens (including phenoxy) is 3. The Morgan fingerprint density at radius 3 is 2.38 bits per heavy atom. The molecule has 0 fully saturated rings. The van der Waals surface area contributed by atoms with Crippen molar-refractivity contribution < 1.29 is 23.8 Å². The number of hydrogen-bond acceptors (Lipinski definition) is 8. The van der Waals surface area contributed by atoms with Crippen molar-refractivity contribution in [3.05, 3.63) is 90.1 Å². The lowest BCUT2D eigenvalue weighted by molar-refractivity contribution is 0.0756. The fourth-order valence-corrected chi connectivity index (χ4v) is 3.01. The van der Waals surface area contributed by atoms with E-state index >= 15 is 0 Å². The van der Waals surface area contributed by atoms with Crippen molar-refractivity contribution in [1.82, 2.24) is 14.9 Å². The second kappa shape index (κ2) is 12.6. The van der Waals surface area contributed by atoms with Crippen molar-refractivity contribution in [1.29, 1.82) is 0 Å². The van der Waals surface area contributed by atoms with Gasteiger partial charge >= 0.3 is 12.2 Å². The molecule has 2 aromatic carbocycles. The summed E-state index contributed by atoms with van der Waals surface area (Å²) in [4.78, 5) is 34.8. The highest BCUT2D eigenvalue weighted by Gasteiger charge is 2.21. The Morgan fingerprint density at radius 2 is 1.71 bits per heavy atom. The Kier molecular flexibility index (Phi) is 8.98. The second-order valence-corrected chi connectivity index (χ2v) is 7.02. The Morgan fingerprint density at radius 1 is 1.00 bits per heavy atom. The van der Waals surface area contributed by atoms with Crippen LogP contribution in [0.5, 0.6) is 6.01 Å². The number of nitrogens with one attached hydrogen (secondary N) is 1. The van der Waals surface area contributed by atoms with Gasteiger partial charge in [0, 0.05) is 25.0 Å². The summed E-state index contributed by atoms with van der Waals surface area (Å²) in [6.07, 6.45) is 4.07. The van der Waals surface area contributed by atoms with Crippen LogP contribution in [0.25, 0.3) is 0 Å². The summed E-state index contributed by atoms with van der Waals surface area (Å²) >= 11 is 0. The van der Waals surface area contributed by atoms with Crippen LogP contribution in [0, 0.1) is 0 Å². The van der Waals surface area contributed by atoms with Crippen LogP contribution in [-0.4, -0.2) is 54.3 Å². The van der Waals surface area contributed by atoms with Crippen LogP contribution in [-0.2, 0) is 16.0 Å². The number of hydrogen-bond donors (Lipinski definition) is 1. The SMILES string of the molecule is COC(=O)OC/C=C/CN(Cc1ccccc1)C(=O)c1cnc(OC)nc1Nc1ccccc1. The van der Waals surface area contributed by atoms with Gasteiger partial charge in [0.1, 0.15) is 12.2 Å². The smallest absolute Gasteiger partial charge is 0.467 e. The zero-order chi connectivity index (χ0) is 24.2. The third-order valence-corrected chi connectivity index (χ3v) is 4.68. The molecule has 0 spiro atoms. The maximum atomic E-state index is 13.6. The van der Waals surface area contributed by atoms with Gasteiger partial charge in [0.05, 0.1) is 14.2 Å². The number of carbonyl (C=O) groups excluding carboxylic acids is 2. The largest absolute Gasteiger partial charge is 0.508 e. The maximum Gasteiger partial charge on any atom is 0.508 e. The standard InChI is InChI=1S/C25H26N4O5/c1-32-24-26-17-21(22(28-24)27-20-13-7-4-8-14-20)23(30)29(18-19-11-5-3-6-12-19)15-9-10-16-34-25(31)33-2/h3-14,17H,15-16,18H2,1-2H3,(H,26,27,28)/b10-9+. The molecule has 3 rings (SSSR count). The summed E-state index contributed by atoms with van der Waals surface area (Å²) in [5.74, 6) is 0.0580. The third-order valence-electron chi connectivity index (χ3n) is 4.68. The molecule has 0 aliphatic rings. The molecule has 3 aromatic rings. The fourth-order valence-electron chi connectivity index (χ4n) is 3.01. The quantitative estimate of drug-likeness (QED) is 0.353. The minimum atomic E-state index is -0.770. The summed E-state index contributed by atoms with van der Waals surface area (Å²) < 4.78 is 14.4. The Labute approximate surface area is 198 Å². The van der Waals surface area contributed by atoms with Gasteiger partial charge in [-0.05, 0) is 23.8 Å². The normalized spacial score (nSPS) is 10.5. The van der Waals surface area contributed by atoms with Crippen LogP contribution in [0.1, 0.15) is 15.9 Å². The molecule has 0 saturated carbocycles. The first-order chi connectivity index (χ1) is 16.6. The molecule has 1 N–H and O–H groups in total. The summed E-state index contributed by atoms with van der Waals surface area (Å²) in [6, 6.07) is 19.2. The van der Waals surface area contributed by atoms with Gasteiger partial charge < -0.3 is 24.4 Å². The summed E-state index contributed by atoms with van der Waals surface area (Å²) in [5.41, 5.74) is 2.02. The van der Waals surface area contributed by atoms with Gasteiger partial charge in [0.2, 0.25) is 0 Å². The van der Waals surface area contributed by atoms with Gasteiger partial charge in [-0.1, -0.05) is 54.6 Å². The lowest BCUT2D eigenvalue weighted by Crippen LogP contribution is -2.31. The van der Waals surface area contributed by atoms with Gasteiger partial charge in [-0.2, -0.15) is 4.98 Å². The van der Waals surface area contributed by atoms with E-state index in [2.05, 4.69) is 20.0 Å². The summed E-state index contributed by atoms with van der Waals surface area (Å²) in [6.45, 7) is 0.667. The van der Waals surface area contributed by atoms with E-state index in [1.807, 2.05) is 60.7 Å². The first-order valence-electron chi connectivity index (χ1n) is 10.5. The van der Waals surface area contributed by atoms with E-state index in [1.165, 1.54) is 20.4 Å². The van der Waals surface area contributed by atoms with Crippen molar-refractivity contribution in [3.63, 3.8) is 0 Å². The van der Waals surface area contributed by atoms with E-state index in [1.54, 1.807) is 17.1 Å². The minimum Gasteiger partial charge on any atom is -0.467 e. The van der Waals surface area contributed by atoms with Gasteiger partial charge in [-0.25, -0.2) is 9.78 Å². The van der Waals surface area contributed by atoms with Crippen LogP contribution in [0.15, 0.2) is 79.0 Å². The number of para-hydroxylation sites is 1. The van der Waals surface area contributed by atoms with Crippen LogP contribution in [0.2, 0.25) is 0 Å². The van der Waals surface area contributed by atoms with Gasteiger partial charge in [-0.3, -0.25) is 4.79 Å². The number of nitrogens with zero attached hydrogens (tertiary/aromatic N) is 3. The van der Waals surface area contributed by atoms with Crippen molar-refractivity contribution in [2.24, 2.45) is 0 Å². The number of amides is 1. The molecule has 0 saturated heterocycles. The van der Waals surface area contributed by atoms with Crippen molar-refractivity contribution >= 4 is 23.6 Å². The van der Waals surface area contributed by atoms with E-state index in [-0.39, 0.29) is 25.1 Å². The summed E-state index contributed by atoms with van der Waals surface area (Å²) in [7, 11) is 2.70. The molecule has 9 nitrogen and oxygen atoms in total. The van der Waals surface area contributed by atoms with Gasteiger partial charge in [0.15, 0.2) is 5.82 Å². The highest BCUT2D eigenvalue weighted by Crippen LogP contribution is 2.22. The average Bonchev–Trinajstić information content (AvgIpc) is 2.88. The first kappa shape index (κ1) is 24.2. The van der Waals surface area contributed by atoms with Crippen molar-refractivity contribution in [2.75, 3.05) is 32.7 Å². The maximum absolute atomic E-state index is 13.6. The topological polar surface area (TPSA) is 103 Å². The van der Waals surface area contributed by atoms with Crippen LogP contribution in [0.4, 0.5) is 16.3 Å². The van der Waals surface area contributed by atoms with E-state index in [0.717, 1.165) is 11.3 Å². The molecule has 1 aromatic heterocycles. The number of methoxy groups -OCH3 is 2. The Hall–Kier alpha value is -4.40. The lowest BCUT2D eigenvalue weighted by Gasteiger charge is -2.23. The van der Waals surface area contributed by atoms with Crippen LogP contribution < -0.4 is 10.1 Å². The molecule has 1 amide bonds. The number of benzene rings is 2. The molecule has 176 valence electrons. The molecule has 0 aliphatic heterocycles. The molecule has 0 atom stereocenters. The molecule has 1 heterocycles. The molecular formula is C25H26N4O5. The Balaban J connectivity index is 1.85. The second-order valence-electron chi connectivity index (χ2n) is 7.02. The molecular weight excluding hydrogens is 436 g/mol. The molecule has 0 unspecified atom stereocenters. The fraction of sp³-hybridized carbons (Fsp3) is 0.200. The monoisotopic (exact) mass is 462 g/mol. The number of anilines is 2. The average molecular weight is 463 g/mol. The van der Waals surface area contributed by atoms with Crippen molar-refractivity contribution in [3.8, 4) is 6.01 Å². The highest BCUT2D eigenvalue weighted by atomic mass is 16.7. The first-order valence-corrected chi connectivity index (χ1v) is 10.5. The number of rotatable bonds is 10. The third kappa shape index (κ3) is 7.06. The van der Waals surface area contributed by atoms with E-state index in [4.69, 9.17) is 9.47 Å². The Bertz CT molecular complexity index is 1110. The molecule has 0 radical (unpaired) electrons. The van der Waals surface area contributed by atoms with E-state index < -0.39 is 6.16 Å². The molecule has 34 heavy (non-hydrogen) atoms. The predicted molar refractivity (Wildman–Crippen MR) is 127 cm³/mol. The molecule has 9 heteroatoms. The van der Waals surface area contributed by atoms with Crippen molar-refractivity contribution in [2.45, 2.75) is 6.54 Å². The van der Waals surface area contributed by atoms with Gasteiger partial charge in [-0.15, -0.1) is 0 Å². The number of carbonyl (C=O) groups is 2. The predicted octanol–water partition coefficient (Wildman–Crippen LogP) is 4.21. The van der Waals surface area contributed by atoms with E-state index in [9.17, 15) is 9.59 Å². The van der Waals surface area contributed by atoms with E-state index in [0.29, 0.717) is 17.9 Å². The zero-order valence-corrected chi connectivity index (χ0v) is 19.0. The van der Waals surface area contributed by atoms with Crippen LogP contribution in [0.3, 0.4) is 0 Å². The highest BCUT2D eigenvalue weighted by molar-refractivity contribution is 5.99. The number of aromatic nitrogens is 2. The summed E-state index contributed by atoms with van der Waals surface area (Å²) in [5, 5.41) is 3.17. The zero-order valence-electron chi connectivity index (χ0n) is 19.0. The van der Waals surface area contributed by atoms with Crippen LogP contribution >= 0.6 is 0 Å². The minimum absolute atomic E-state index is 0.0342.